The number of rotatable bonds is 4. The topological polar surface area (TPSA) is 27.7 Å². The van der Waals surface area contributed by atoms with Crippen LogP contribution >= 0.6 is 10.9 Å². The van der Waals surface area contributed by atoms with Crippen LogP contribution in [0.25, 0.3) is 0 Å². The normalized spacial score (nSPS) is 23.6. The van der Waals surface area contributed by atoms with Gasteiger partial charge in [-0.25, -0.2) is 0 Å². The fourth-order valence-corrected chi connectivity index (χ4v) is 3.59. The zero-order valence-electron chi connectivity index (χ0n) is 10.7. The first-order valence-corrected chi connectivity index (χ1v) is 7.13. The van der Waals surface area contributed by atoms with Crippen LogP contribution in [0.2, 0.25) is 0 Å². The zero-order valence-corrected chi connectivity index (χ0v) is 11.5. The number of hydrogen-bond acceptors (Lipinski definition) is 3. The Morgan fingerprint density at radius 1 is 1.05 bits per heavy atom. The molecule has 0 saturated heterocycles. The standard InChI is InChI=1S/C10H14F6O3S/c1-3-17-20(18-4-2)7-5-6-8(19-20,9(11,12)13)10(14,15)16/h5,7H,3-4,6H2,1-2H3. The van der Waals surface area contributed by atoms with Gasteiger partial charge in [0, 0.05) is 11.8 Å². The lowest BCUT2D eigenvalue weighted by Gasteiger charge is -2.46. The van der Waals surface area contributed by atoms with Gasteiger partial charge in [-0.2, -0.15) is 26.3 Å². The van der Waals surface area contributed by atoms with Crippen molar-refractivity contribution in [1.82, 2.24) is 0 Å². The van der Waals surface area contributed by atoms with Crippen molar-refractivity contribution < 1.29 is 38.9 Å². The van der Waals surface area contributed by atoms with Crippen LogP contribution in [0.3, 0.4) is 0 Å². The van der Waals surface area contributed by atoms with Crippen molar-refractivity contribution in [1.29, 1.82) is 0 Å². The van der Waals surface area contributed by atoms with E-state index in [2.05, 4.69) is 4.18 Å². The molecular formula is C10H14F6O3S. The van der Waals surface area contributed by atoms with Crippen LogP contribution in [-0.4, -0.2) is 31.2 Å². The average molecular weight is 328 g/mol. The molecule has 3 nitrogen and oxygen atoms in total. The summed E-state index contributed by atoms with van der Waals surface area (Å²) in [6.45, 7) is 2.54. The van der Waals surface area contributed by atoms with Gasteiger partial charge in [-0.3, -0.25) is 12.5 Å². The Bertz CT molecular complexity index is 345. The Morgan fingerprint density at radius 3 is 1.85 bits per heavy atom. The number of alkyl halides is 6. The molecule has 0 amide bonds. The van der Waals surface area contributed by atoms with Crippen LogP contribution in [0.4, 0.5) is 26.3 Å². The Kier molecular flexibility index (Phi) is 5.05. The predicted molar refractivity (Wildman–Crippen MR) is 60.5 cm³/mol. The molecule has 0 radical (unpaired) electrons. The molecule has 0 unspecified atom stereocenters. The Balaban J connectivity index is 3.27. The van der Waals surface area contributed by atoms with E-state index in [1.54, 1.807) is 0 Å². The first-order valence-electron chi connectivity index (χ1n) is 5.66. The van der Waals surface area contributed by atoms with E-state index in [9.17, 15) is 26.3 Å². The summed E-state index contributed by atoms with van der Waals surface area (Å²) in [6, 6.07) is 0. The summed E-state index contributed by atoms with van der Waals surface area (Å²) in [5.74, 6) is 0. The van der Waals surface area contributed by atoms with Crippen LogP contribution in [-0.2, 0) is 12.5 Å². The van der Waals surface area contributed by atoms with Gasteiger partial charge in [-0.15, -0.1) is 0 Å². The Morgan fingerprint density at radius 2 is 1.50 bits per heavy atom. The minimum atomic E-state index is -5.64. The lowest BCUT2D eigenvalue weighted by molar-refractivity contribution is -0.357. The molecule has 0 aromatic rings. The molecule has 0 N–H and O–H groups in total. The lowest BCUT2D eigenvalue weighted by Crippen LogP contribution is -2.59. The van der Waals surface area contributed by atoms with Gasteiger partial charge >= 0.3 is 12.4 Å². The highest BCUT2D eigenvalue weighted by Crippen LogP contribution is 2.64. The van der Waals surface area contributed by atoms with E-state index in [1.165, 1.54) is 13.8 Å². The zero-order chi connectivity index (χ0) is 15.7. The SMILES string of the molecule is CCOS1(OCC)C=CCC(C(F)(F)F)(C(F)(F)F)O1. The molecule has 0 fully saturated rings. The molecule has 0 spiro atoms. The first kappa shape index (κ1) is 17.6. The van der Waals surface area contributed by atoms with Crippen LogP contribution < -0.4 is 0 Å². The molecule has 0 atom stereocenters. The van der Waals surface area contributed by atoms with Gasteiger partial charge < -0.3 is 0 Å². The molecular weight excluding hydrogens is 314 g/mol. The second kappa shape index (κ2) is 5.74. The number of halogens is 6. The highest BCUT2D eigenvalue weighted by Gasteiger charge is 2.74. The Hall–Kier alpha value is -0.450. The quantitative estimate of drug-likeness (QED) is 0.716. The van der Waals surface area contributed by atoms with E-state index in [-0.39, 0.29) is 13.2 Å². The summed E-state index contributed by atoms with van der Waals surface area (Å²) in [7, 11) is -3.49. The summed E-state index contributed by atoms with van der Waals surface area (Å²) in [5, 5.41) is 0.996. The van der Waals surface area contributed by atoms with E-state index in [1.807, 2.05) is 0 Å². The molecule has 0 aliphatic carbocycles. The van der Waals surface area contributed by atoms with Crippen molar-refractivity contribution >= 4 is 10.9 Å². The third kappa shape index (κ3) is 3.07. The highest BCUT2D eigenvalue weighted by atomic mass is 32.3. The molecule has 0 bridgehead atoms. The molecule has 10 heteroatoms. The maximum absolute atomic E-state index is 12.9. The van der Waals surface area contributed by atoms with Gasteiger partial charge in [0.15, 0.2) is 0 Å². The second-order valence-corrected chi connectivity index (χ2v) is 5.68. The summed E-state index contributed by atoms with van der Waals surface area (Å²) in [5.41, 5.74) is -4.31. The molecule has 1 heterocycles. The predicted octanol–water partition coefficient (Wildman–Crippen LogP) is 4.41. The molecule has 1 aliphatic rings. The van der Waals surface area contributed by atoms with Crippen molar-refractivity contribution in [3.05, 3.63) is 11.5 Å². The molecule has 1 rings (SSSR count). The maximum atomic E-state index is 12.9. The van der Waals surface area contributed by atoms with Crippen molar-refractivity contribution in [3.63, 3.8) is 0 Å². The van der Waals surface area contributed by atoms with Gasteiger partial charge in [-0.1, -0.05) is 6.08 Å². The minimum absolute atomic E-state index is 0.147. The van der Waals surface area contributed by atoms with Crippen molar-refractivity contribution in [2.45, 2.75) is 38.2 Å². The summed E-state index contributed by atoms with van der Waals surface area (Å²) < 4.78 is 91.8. The van der Waals surface area contributed by atoms with E-state index >= 15 is 0 Å². The van der Waals surface area contributed by atoms with E-state index in [4.69, 9.17) is 8.37 Å². The number of hydrogen-bond donors (Lipinski definition) is 0. The van der Waals surface area contributed by atoms with Crippen LogP contribution in [0.1, 0.15) is 20.3 Å². The summed E-state index contributed by atoms with van der Waals surface area (Å²) in [4.78, 5) is 0. The van der Waals surface area contributed by atoms with Gasteiger partial charge in [0.05, 0.1) is 13.2 Å². The van der Waals surface area contributed by atoms with Gasteiger partial charge in [0.25, 0.3) is 5.60 Å². The Labute approximate surface area is 113 Å². The van der Waals surface area contributed by atoms with Crippen molar-refractivity contribution in [2.24, 2.45) is 0 Å². The van der Waals surface area contributed by atoms with Crippen molar-refractivity contribution in [3.8, 4) is 0 Å². The summed E-state index contributed by atoms with van der Waals surface area (Å²) >= 11 is 0. The molecule has 0 aromatic heterocycles. The smallest absolute Gasteiger partial charge is 0.289 e. The van der Waals surface area contributed by atoms with E-state index in [0.29, 0.717) is 0 Å². The van der Waals surface area contributed by atoms with Gasteiger partial charge in [0.2, 0.25) is 0 Å². The lowest BCUT2D eigenvalue weighted by atomic mass is 9.98. The van der Waals surface area contributed by atoms with E-state index < -0.39 is 35.2 Å². The van der Waals surface area contributed by atoms with Crippen LogP contribution in [0.15, 0.2) is 11.5 Å². The largest absolute Gasteiger partial charge is 0.428 e. The molecule has 0 aromatic carbocycles. The fourth-order valence-electron chi connectivity index (χ4n) is 1.57. The summed E-state index contributed by atoms with van der Waals surface area (Å²) in [6.07, 6.45) is -11.9. The molecule has 120 valence electrons. The van der Waals surface area contributed by atoms with Crippen LogP contribution in [0, 0.1) is 0 Å². The third-order valence-electron chi connectivity index (χ3n) is 2.41. The minimum Gasteiger partial charge on any atom is -0.289 e. The molecule has 20 heavy (non-hydrogen) atoms. The molecule has 0 saturated carbocycles. The van der Waals surface area contributed by atoms with Gasteiger partial charge in [-0.05, 0) is 13.8 Å². The molecule has 1 aliphatic heterocycles. The highest BCUT2D eigenvalue weighted by molar-refractivity contribution is 8.24. The van der Waals surface area contributed by atoms with Crippen LogP contribution in [0.5, 0.6) is 0 Å². The first-order chi connectivity index (χ1) is 9.04. The van der Waals surface area contributed by atoms with Gasteiger partial charge in [0.1, 0.15) is 10.9 Å². The van der Waals surface area contributed by atoms with E-state index in [0.717, 1.165) is 11.5 Å². The third-order valence-corrected chi connectivity index (χ3v) is 4.58. The second-order valence-electron chi connectivity index (χ2n) is 3.79. The maximum Gasteiger partial charge on any atom is 0.428 e. The monoisotopic (exact) mass is 328 g/mol. The fraction of sp³-hybridized carbons (Fsp3) is 0.800. The van der Waals surface area contributed by atoms with Crippen molar-refractivity contribution in [2.75, 3.05) is 13.2 Å². The average Bonchev–Trinajstić information content (AvgIpc) is 2.26.